The lowest BCUT2D eigenvalue weighted by Gasteiger charge is -2.25. The van der Waals surface area contributed by atoms with Crippen molar-refractivity contribution in [2.75, 3.05) is 6.61 Å². The second kappa shape index (κ2) is 6.03. The standard InChI is InChI=1S/C16H22O2/c1-3-18-15-9-7-13(8-10-15)16(17)14-6-4-5-12(2)11-14/h7-10,12,14H,3-6,11H2,1-2H3. The lowest BCUT2D eigenvalue weighted by Crippen LogP contribution is -2.21. The minimum absolute atomic E-state index is 0.228. The van der Waals surface area contributed by atoms with Gasteiger partial charge in [-0.25, -0.2) is 0 Å². The molecule has 98 valence electrons. The van der Waals surface area contributed by atoms with Crippen LogP contribution in [0.25, 0.3) is 0 Å². The third-order valence-electron chi connectivity index (χ3n) is 3.76. The maximum absolute atomic E-state index is 12.4. The molecule has 1 saturated carbocycles. The molecule has 0 N–H and O–H groups in total. The highest BCUT2D eigenvalue weighted by Crippen LogP contribution is 2.31. The van der Waals surface area contributed by atoms with Crippen LogP contribution in [0.4, 0.5) is 0 Å². The maximum atomic E-state index is 12.4. The molecule has 1 aliphatic rings. The third-order valence-corrected chi connectivity index (χ3v) is 3.76. The molecule has 0 bridgehead atoms. The summed E-state index contributed by atoms with van der Waals surface area (Å²) in [6, 6.07) is 7.57. The first kappa shape index (κ1) is 13.1. The Morgan fingerprint density at radius 1 is 1.28 bits per heavy atom. The molecule has 2 heteroatoms. The summed E-state index contributed by atoms with van der Waals surface area (Å²) in [7, 11) is 0. The van der Waals surface area contributed by atoms with E-state index >= 15 is 0 Å². The predicted octanol–water partition coefficient (Wildman–Crippen LogP) is 4.09. The number of rotatable bonds is 4. The topological polar surface area (TPSA) is 26.3 Å². The van der Waals surface area contributed by atoms with E-state index in [1.807, 2.05) is 31.2 Å². The highest BCUT2D eigenvalue weighted by Gasteiger charge is 2.25. The van der Waals surface area contributed by atoms with Gasteiger partial charge < -0.3 is 4.74 Å². The average molecular weight is 246 g/mol. The number of Topliss-reactive ketones (excluding diaryl/α,β-unsaturated/α-hetero) is 1. The molecule has 2 rings (SSSR count). The van der Waals surface area contributed by atoms with Gasteiger partial charge in [0.05, 0.1) is 6.61 Å². The quantitative estimate of drug-likeness (QED) is 0.748. The Bertz CT molecular complexity index is 394. The van der Waals surface area contributed by atoms with Gasteiger partial charge in [-0.1, -0.05) is 19.8 Å². The zero-order valence-electron chi connectivity index (χ0n) is 11.3. The van der Waals surface area contributed by atoms with Gasteiger partial charge in [0.2, 0.25) is 0 Å². The van der Waals surface area contributed by atoms with Crippen molar-refractivity contribution in [3.05, 3.63) is 29.8 Å². The molecule has 0 heterocycles. The van der Waals surface area contributed by atoms with E-state index in [4.69, 9.17) is 4.74 Å². The Kier molecular flexibility index (Phi) is 4.40. The zero-order valence-corrected chi connectivity index (χ0v) is 11.3. The number of carbonyl (C=O) groups excluding carboxylic acids is 1. The number of hydrogen-bond donors (Lipinski definition) is 0. The van der Waals surface area contributed by atoms with Gasteiger partial charge >= 0.3 is 0 Å². The predicted molar refractivity (Wildman–Crippen MR) is 73.1 cm³/mol. The molecular formula is C16H22O2. The Morgan fingerprint density at radius 2 is 2.00 bits per heavy atom. The first-order valence-electron chi connectivity index (χ1n) is 6.97. The molecule has 0 amide bonds. The summed E-state index contributed by atoms with van der Waals surface area (Å²) >= 11 is 0. The van der Waals surface area contributed by atoms with Crippen molar-refractivity contribution in [3.8, 4) is 5.75 Å². The second-order valence-corrected chi connectivity index (χ2v) is 5.29. The van der Waals surface area contributed by atoms with Gasteiger partial charge in [0.1, 0.15) is 5.75 Å². The van der Waals surface area contributed by atoms with Crippen molar-refractivity contribution < 1.29 is 9.53 Å². The highest BCUT2D eigenvalue weighted by atomic mass is 16.5. The van der Waals surface area contributed by atoms with Gasteiger partial charge in [0.25, 0.3) is 0 Å². The van der Waals surface area contributed by atoms with Crippen molar-refractivity contribution in [1.29, 1.82) is 0 Å². The molecule has 0 aliphatic heterocycles. The van der Waals surface area contributed by atoms with E-state index in [2.05, 4.69) is 6.92 Å². The van der Waals surface area contributed by atoms with E-state index in [0.717, 1.165) is 24.2 Å². The summed E-state index contributed by atoms with van der Waals surface area (Å²) in [6.45, 7) is 4.87. The summed E-state index contributed by atoms with van der Waals surface area (Å²) in [4.78, 5) is 12.4. The molecule has 1 aliphatic carbocycles. The molecule has 2 unspecified atom stereocenters. The summed E-state index contributed by atoms with van der Waals surface area (Å²) in [5.74, 6) is 2.07. The molecule has 0 spiro atoms. The third kappa shape index (κ3) is 3.12. The highest BCUT2D eigenvalue weighted by molar-refractivity contribution is 5.98. The van der Waals surface area contributed by atoms with Crippen LogP contribution in [0.1, 0.15) is 49.9 Å². The van der Waals surface area contributed by atoms with Crippen LogP contribution in [-0.2, 0) is 0 Å². The number of ketones is 1. The van der Waals surface area contributed by atoms with E-state index in [9.17, 15) is 4.79 Å². The molecule has 0 saturated heterocycles. The smallest absolute Gasteiger partial charge is 0.165 e. The van der Waals surface area contributed by atoms with Gasteiger partial charge in [0.15, 0.2) is 5.78 Å². The Labute approximate surface area is 109 Å². The van der Waals surface area contributed by atoms with Gasteiger partial charge in [-0.05, 0) is 49.9 Å². The number of ether oxygens (including phenoxy) is 1. The monoisotopic (exact) mass is 246 g/mol. The first-order valence-corrected chi connectivity index (χ1v) is 6.97. The largest absolute Gasteiger partial charge is 0.494 e. The van der Waals surface area contributed by atoms with Crippen LogP contribution in [0.15, 0.2) is 24.3 Å². The van der Waals surface area contributed by atoms with Crippen LogP contribution in [0.3, 0.4) is 0 Å². The molecule has 1 aromatic carbocycles. The molecule has 1 aromatic rings. The van der Waals surface area contributed by atoms with Gasteiger partial charge in [-0.3, -0.25) is 4.79 Å². The zero-order chi connectivity index (χ0) is 13.0. The minimum atomic E-state index is 0.228. The van der Waals surface area contributed by atoms with E-state index < -0.39 is 0 Å². The fourth-order valence-corrected chi connectivity index (χ4v) is 2.79. The fourth-order valence-electron chi connectivity index (χ4n) is 2.79. The molecular weight excluding hydrogens is 224 g/mol. The van der Waals surface area contributed by atoms with Gasteiger partial charge in [0, 0.05) is 11.5 Å². The number of benzene rings is 1. The van der Waals surface area contributed by atoms with Crippen molar-refractivity contribution >= 4 is 5.78 Å². The Balaban J connectivity index is 2.03. The van der Waals surface area contributed by atoms with E-state index in [0.29, 0.717) is 18.3 Å². The molecule has 0 aromatic heterocycles. The fraction of sp³-hybridized carbons (Fsp3) is 0.562. The van der Waals surface area contributed by atoms with E-state index in [1.54, 1.807) is 0 Å². The SMILES string of the molecule is CCOc1ccc(C(=O)C2CCCC(C)C2)cc1. The Morgan fingerprint density at radius 3 is 2.61 bits per heavy atom. The van der Waals surface area contributed by atoms with Crippen molar-refractivity contribution in [2.45, 2.75) is 39.5 Å². The first-order chi connectivity index (χ1) is 8.70. The van der Waals surface area contributed by atoms with Crippen LogP contribution >= 0.6 is 0 Å². The lowest BCUT2D eigenvalue weighted by molar-refractivity contribution is 0.0868. The molecule has 2 atom stereocenters. The molecule has 0 radical (unpaired) electrons. The van der Waals surface area contributed by atoms with Gasteiger partial charge in [-0.2, -0.15) is 0 Å². The van der Waals surface area contributed by atoms with Crippen molar-refractivity contribution in [3.63, 3.8) is 0 Å². The van der Waals surface area contributed by atoms with Crippen LogP contribution in [0.5, 0.6) is 5.75 Å². The van der Waals surface area contributed by atoms with Crippen molar-refractivity contribution in [1.82, 2.24) is 0 Å². The maximum Gasteiger partial charge on any atom is 0.165 e. The Hall–Kier alpha value is -1.31. The van der Waals surface area contributed by atoms with Crippen molar-refractivity contribution in [2.24, 2.45) is 11.8 Å². The van der Waals surface area contributed by atoms with Crippen LogP contribution in [0.2, 0.25) is 0 Å². The molecule has 2 nitrogen and oxygen atoms in total. The summed E-state index contributed by atoms with van der Waals surface area (Å²) in [6.07, 6.45) is 4.56. The van der Waals surface area contributed by atoms with E-state index in [-0.39, 0.29) is 5.92 Å². The normalized spacial score (nSPS) is 23.7. The van der Waals surface area contributed by atoms with Gasteiger partial charge in [-0.15, -0.1) is 0 Å². The van der Waals surface area contributed by atoms with E-state index in [1.165, 1.54) is 12.8 Å². The van der Waals surface area contributed by atoms with Crippen LogP contribution in [-0.4, -0.2) is 12.4 Å². The minimum Gasteiger partial charge on any atom is -0.494 e. The van der Waals surface area contributed by atoms with Crippen LogP contribution in [0, 0.1) is 11.8 Å². The van der Waals surface area contributed by atoms with Crippen LogP contribution < -0.4 is 4.74 Å². The molecule has 18 heavy (non-hydrogen) atoms. The summed E-state index contributed by atoms with van der Waals surface area (Å²) < 4.78 is 5.39. The number of carbonyl (C=O) groups is 1. The lowest BCUT2D eigenvalue weighted by atomic mass is 9.79. The number of hydrogen-bond acceptors (Lipinski definition) is 2. The summed E-state index contributed by atoms with van der Waals surface area (Å²) in [5, 5.41) is 0. The molecule has 1 fully saturated rings. The second-order valence-electron chi connectivity index (χ2n) is 5.29. The summed E-state index contributed by atoms with van der Waals surface area (Å²) in [5.41, 5.74) is 0.831. The average Bonchev–Trinajstić information content (AvgIpc) is 2.39.